The highest BCUT2D eigenvalue weighted by Crippen LogP contribution is 2.39. The number of hydrogen-bond donors (Lipinski definition) is 1. The van der Waals surface area contributed by atoms with E-state index in [0.29, 0.717) is 16.3 Å². The van der Waals surface area contributed by atoms with Crippen molar-refractivity contribution in [2.75, 3.05) is 11.9 Å². The van der Waals surface area contributed by atoms with E-state index in [4.69, 9.17) is 20.5 Å². The van der Waals surface area contributed by atoms with Crippen LogP contribution in [-0.2, 0) is 14.9 Å². The van der Waals surface area contributed by atoms with Gasteiger partial charge in [0.15, 0.2) is 11.5 Å². The molecule has 3 aromatic rings. The minimum absolute atomic E-state index is 0.0678. The van der Waals surface area contributed by atoms with Crippen molar-refractivity contribution >= 4 is 55.3 Å². The van der Waals surface area contributed by atoms with Gasteiger partial charge in [-0.05, 0) is 89.4 Å². The molecule has 0 unspecified atom stereocenters. The number of para-hydroxylation sites is 1. The Balaban J connectivity index is 1.95. The van der Waals surface area contributed by atoms with Crippen molar-refractivity contribution in [3.8, 4) is 17.6 Å². The highest BCUT2D eigenvalue weighted by atomic mass is 79.9. The minimum atomic E-state index is -4.19. The molecule has 180 valence electrons. The SMILES string of the molecule is CCOc1cc(/C=C(\C#N)C(=O)Nc2ccccc2C)cc(Br)c1OS(=O)(=O)c1ccc(Cl)cc1. The summed E-state index contributed by atoms with van der Waals surface area (Å²) in [5, 5.41) is 12.7. The summed E-state index contributed by atoms with van der Waals surface area (Å²) in [6.45, 7) is 3.79. The zero-order valence-electron chi connectivity index (χ0n) is 18.7. The molecule has 0 heterocycles. The average molecular weight is 576 g/mol. The standard InChI is InChI=1S/C25H20BrClN2O5S/c1-3-33-23-14-17(12-18(15-28)25(30)29-22-7-5-4-6-16(22)2)13-21(26)24(23)34-35(31,32)20-10-8-19(27)9-11-20/h4-14H,3H2,1-2H3,(H,29,30)/b18-12+. The van der Waals surface area contributed by atoms with Crippen LogP contribution in [0, 0.1) is 18.3 Å². The second-order valence-corrected chi connectivity index (χ2v) is 10.0. The summed E-state index contributed by atoms with van der Waals surface area (Å²) in [5.41, 5.74) is 1.71. The topological polar surface area (TPSA) is 105 Å². The second-order valence-electron chi connectivity index (χ2n) is 7.19. The molecule has 0 aliphatic carbocycles. The van der Waals surface area contributed by atoms with Crippen LogP contribution in [0.2, 0.25) is 5.02 Å². The molecule has 0 radical (unpaired) electrons. The number of anilines is 1. The number of carbonyl (C=O) groups is 1. The lowest BCUT2D eigenvalue weighted by Crippen LogP contribution is -2.14. The van der Waals surface area contributed by atoms with E-state index in [2.05, 4.69) is 21.2 Å². The maximum Gasteiger partial charge on any atom is 0.339 e. The molecule has 3 aromatic carbocycles. The van der Waals surface area contributed by atoms with Crippen molar-refractivity contribution in [3.05, 3.63) is 86.9 Å². The Morgan fingerprint density at radius 3 is 2.49 bits per heavy atom. The molecule has 1 N–H and O–H groups in total. The third-order valence-electron chi connectivity index (χ3n) is 4.70. The van der Waals surface area contributed by atoms with Gasteiger partial charge in [-0.25, -0.2) is 0 Å². The van der Waals surface area contributed by atoms with E-state index in [0.717, 1.165) is 5.56 Å². The van der Waals surface area contributed by atoms with E-state index in [-0.39, 0.29) is 33.0 Å². The molecular formula is C25H20BrClN2O5S. The number of nitrogens with one attached hydrogen (secondary N) is 1. The summed E-state index contributed by atoms with van der Waals surface area (Å²) in [4.78, 5) is 12.6. The van der Waals surface area contributed by atoms with Gasteiger partial charge >= 0.3 is 10.1 Å². The van der Waals surface area contributed by atoms with Gasteiger partial charge in [-0.2, -0.15) is 13.7 Å². The summed E-state index contributed by atoms with van der Waals surface area (Å²) in [7, 11) is -4.19. The molecule has 7 nitrogen and oxygen atoms in total. The quantitative estimate of drug-likeness (QED) is 0.197. The zero-order chi connectivity index (χ0) is 25.6. The number of nitrogens with zero attached hydrogens (tertiary/aromatic N) is 1. The molecule has 0 fully saturated rings. The van der Waals surface area contributed by atoms with Gasteiger partial charge in [0.1, 0.15) is 16.5 Å². The Bertz CT molecular complexity index is 1430. The van der Waals surface area contributed by atoms with Crippen LogP contribution in [0.3, 0.4) is 0 Å². The number of benzene rings is 3. The van der Waals surface area contributed by atoms with E-state index in [1.54, 1.807) is 19.1 Å². The number of rotatable bonds is 8. The minimum Gasteiger partial charge on any atom is -0.490 e. The molecule has 0 bridgehead atoms. The number of aryl methyl sites for hydroxylation is 1. The number of nitriles is 1. The molecule has 0 spiro atoms. The van der Waals surface area contributed by atoms with Crippen LogP contribution in [0.15, 0.2) is 75.6 Å². The largest absolute Gasteiger partial charge is 0.490 e. The smallest absolute Gasteiger partial charge is 0.339 e. The summed E-state index contributed by atoms with van der Waals surface area (Å²) >= 11 is 9.15. The molecule has 0 saturated heterocycles. The fourth-order valence-corrected chi connectivity index (χ4v) is 4.72. The maximum absolute atomic E-state index is 12.8. The lowest BCUT2D eigenvalue weighted by molar-refractivity contribution is -0.112. The van der Waals surface area contributed by atoms with E-state index in [9.17, 15) is 18.5 Å². The molecule has 1 amide bonds. The number of amides is 1. The molecule has 10 heteroatoms. The van der Waals surface area contributed by atoms with Crippen LogP contribution in [0.25, 0.3) is 6.08 Å². The number of hydrogen-bond acceptors (Lipinski definition) is 6. The van der Waals surface area contributed by atoms with Gasteiger partial charge in [0.05, 0.1) is 11.1 Å². The Morgan fingerprint density at radius 1 is 1.17 bits per heavy atom. The van der Waals surface area contributed by atoms with Crippen molar-refractivity contribution in [1.29, 1.82) is 5.26 Å². The first-order valence-corrected chi connectivity index (χ1v) is 12.9. The van der Waals surface area contributed by atoms with Gasteiger partial charge in [0.25, 0.3) is 5.91 Å². The van der Waals surface area contributed by atoms with E-state index in [1.807, 2.05) is 25.1 Å². The highest BCUT2D eigenvalue weighted by molar-refractivity contribution is 9.10. The first-order valence-electron chi connectivity index (χ1n) is 10.3. The van der Waals surface area contributed by atoms with Crippen molar-refractivity contribution in [2.45, 2.75) is 18.7 Å². The van der Waals surface area contributed by atoms with Crippen LogP contribution in [-0.4, -0.2) is 20.9 Å². The Kier molecular flexibility index (Phi) is 8.57. The molecular weight excluding hydrogens is 556 g/mol. The van der Waals surface area contributed by atoms with Crippen LogP contribution in [0.5, 0.6) is 11.5 Å². The monoisotopic (exact) mass is 574 g/mol. The van der Waals surface area contributed by atoms with Crippen LogP contribution in [0.1, 0.15) is 18.1 Å². The Labute approximate surface area is 217 Å². The molecule has 0 aromatic heterocycles. The molecule has 0 aliphatic rings. The molecule has 0 aliphatic heterocycles. The Hall–Kier alpha value is -3.32. The number of halogens is 2. The van der Waals surface area contributed by atoms with Crippen molar-refractivity contribution in [2.24, 2.45) is 0 Å². The van der Waals surface area contributed by atoms with Gasteiger partial charge < -0.3 is 14.2 Å². The van der Waals surface area contributed by atoms with Crippen molar-refractivity contribution < 1.29 is 22.1 Å². The maximum atomic E-state index is 12.8. The van der Waals surface area contributed by atoms with Crippen molar-refractivity contribution in [1.82, 2.24) is 0 Å². The van der Waals surface area contributed by atoms with Gasteiger partial charge in [-0.3, -0.25) is 4.79 Å². The molecule has 0 atom stereocenters. The predicted molar refractivity (Wildman–Crippen MR) is 138 cm³/mol. The van der Waals surface area contributed by atoms with Crippen LogP contribution in [0.4, 0.5) is 5.69 Å². The summed E-state index contributed by atoms with van der Waals surface area (Å²) in [5.74, 6) is -0.536. The van der Waals surface area contributed by atoms with Gasteiger partial charge in [-0.1, -0.05) is 29.8 Å². The van der Waals surface area contributed by atoms with Crippen LogP contribution >= 0.6 is 27.5 Å². The van der Waals surface area contributed by atoms with Crippen molar-refractivity contribution in [3.63, 3.8) is 0 Å². The average Bonchev–Trinajstić information content (AvgIpc) is 2.81. The first-order chi connectivity index (χ1) is 16.6. The second kappa shape index (κ2) is 11.4. The molecule has 3 rings (SSSR count). The molecule has 0 saturated carbocycles. The number of carbonyl (C=O) groups excluding carboxylic acids is 1. The van der Waals surface area contributed by atoms with E-state index in [1.165, 1.54) is 42.5 Å². The Morgan fingerprint density at radius 2 is 1.86 bits per heavy atom. The van der Waals surface area contributed by atoms with Gasteiger partial charge in [0.2, 0.25) is 0 Å². The van der Waals surface area contributed by atoms with Crippen LogP contribution < -0.4 is 14.2 Å². The fourth-order valence-electron chi connectivity index (χ4n) is 2.99. The third kappa shape index (κ3) is 6.63. The fraction of sp³-hybridized carbons (Fsp3) is 0.120. The first kappa shape index (κ1) is 26.3. The summed E-state index contributed by atoms with van der Waals surface area (Å²) in [6, 6.07) is 17.6. The summed E-state index contributed by atoms with van der Waals surface area (Å²) < 4.78 is 36.7. The predicted octanol–water partition coefficient (Wildman–Crippen LogP) is 6.12. The molecule has 35 heavy (non-hydrogen) atoms. The van der Waals surface area contributed by atoms with E-state index < -0.39 is 16.0 Å². The van der Waals surface area contributed by atoms with Gasteiger partial charge in [-0.15, -0.1) is 0 Å². The lowest BCUT2D eigenvalue weighted by atomic mass is 10.1. The lowest BCUT2D eigenvalue weighted by Gasteiger charge is -2.15. The zero-order valence-corrected chi connectivity index (χ0v) is 21.9. The summed E-state index contributed by atoms with van der Waals surface area (Å²) in [6.07, 6.45) is 1.37. The van der Waals surface area contributed by atoms with E-state index >= 15 is 0 Å². The highest BCUT2D eigenvalue weighted by Gasteiger charge is 2.22. The normalized spacial score (nSPS) is 11.5. The van der Waals surface area contributed by atoms with Gasteiger partial charge in [0, 0.05) is 10.7 Å². The third-order valence-corrected chi connectivity index (χ3v) is 6.77. The number of ether oxygens (including phenoxy) is 1.